The summed E-state index contributed by atoms with van der Waals surface area (Å²) in [6, 6.07) is 2.02. The molecule has 25 heavy (non-hydrogen) atoms. The second-order valence-electron chi connectivity index (χ2n) is 6.94. The molecule has 1 unspecified atom stereocenters. The molecule has 7 heteroatoms. The summed E-state index contributed by atoms with van der Waals surface area (Å²) in [5, 5.41) is 10.3. The standard InChI is InChI=1S/C18H20N6S/c1-4-11-5-6-12-14(8-11)25-18-15(12)17-20-16(22-24(17)9-19-18)13-7-10(2)21-23(13)3/h7,9,11H,4-6,8H2,1-3H3. The highest BCUT2D eigenvalue weighted by Crippen LogP contribution is 2.39. The number of fused-ring (bicyclic) bond motifs is 5. The van der Waals surface area contributed by atoms with Crippen LogP contribution < -0.4 is 0 Å². The Labute approximate surface area is 149 Å². The minimum atomic E-state index is 0.708. The Morgan fingerprint density at radius 3 is 2.96 bits per heavy atom. The maximum Gasteiger partial charge on any atom is 0.200 e. The van der Waals surface area contributed by atoms with Crippen LogP contribution in [0.1, 0.15) is 35.9 Å². The van der Waals surface area contributed by atoms with Gasteiger partial charge < -0.3 is 0 Å². The van der Waals surface area contributed by atoms with Gasteiger partial charge in [-0.15, -0.1) is 16.4 Å². The van der Waals surface area contributed by atoms with Crippen LogP contribution >= 0.6 is 11.3 Å². The van der Waals surface area contributed by atoms with Gasteiger partial charge in [0.05, 0.1) is 11.1 Å². The molecule has 0 saturated heterocycles. The normalized spacial score (nSPS) is 17.5. The average Bonchev–Trinajstić information content (AvgIpc) is 3.27. The highest BCUT2D eigenvalue weighted by molar-refractivity contribution is 7.19. The molecule has 0 aliphatic heterocycles. The van der Waals surface area contributed by atoms with E-state index in [9.17, 15) is 0 Å². The number of rotatable bonds is 2. The van der Waals surface area contributed by atoms with E-state index in [1.54, 1.807) is 6.33 Å². The Balaban J connectivity index is 1.73. The van der Waals surface area contributed by atoms with Crippen LogP contribution in [0, 0.1) is 12.8 Å². The second-order valence-corrected chi connectivity index (χ2v) is 8.03. The molecule has 5 rings (SSSR count). The first-order chi connectivity index (χ1) is 12.1. The summed E-state index contributed by atoms with van der Waals surface area (Å²) in [5.74, 6) is 1.52. The fraction of sp³-hybridized carbons (Fsp3) is 0.444. The predicted octanol–water partition coefficient (Wildman–Crippen LogP) is 3.56. The zero-order valence-electron chi connectivity index (χ0n) is 14.7. The first-order valence-electron chi connectivity index (χ1n) is 8.80. The maximum absolute atomic E-state index is 4.86. The molecule has 4 aromatic rings. The lowest BCUT2D eigenvalue weighted by atomic mass is 9.86. The molecule has 1 atom stereocenters. The van der Waals surface area contributed by atoms with E-state index in [1.807, 2.05) is 40.6 Å². The second kappa shape index (κ2) is 5.36. The minimum absolute atomic E-state index is 0.708. The Kier molecular flexibility index (Phi) is 3.22. The fourth-order valence-corrected chi connectivity index (χ4v) is 5.22. The average molecular weight is 352 g/mol. The first kappa shape index (κ1) is 15.0. The molecule has 4 aromatic heterocycles. The molecule has 0 saturated carbocycles. The van der Waals surface area contributed by atoms with Gasteiger partial charge in [0.2, 0.25) is 0 Å². The number of hydrogen-bond acceptors (Lipinski definition) is 5. The number of nitrogens with zero attached hydrogens (tertiary/aromatic N) is 6. The lowest BCUT2D eigenvalue weighted by Gasteiger charge is -2.20. The van der Waals surface area contributed by atoms with Crippen LogP contribution in [-0.2, 0) is 19.9 Å². The van der Waals surface area contributed by atoms with E-state index in [-0.39, 0.29) is 0 Å². The molecule has 0 aromatic carbocycles. The highest BCUT2D eigenvalue weighted by Gasteiger charge is 2.25. The summed E-state index contributed by atoms with van der Waals surface area (Å²) in [5.41, 5.74) is 4.27. The van der Waals surface area contributed by atoms with Gasteiger partial charge in [-0.1, -0.05) is 13.3 Å². The lowest BCUT2D eigenvalue weighted by molar-refractivity contribution is 0.451. The van der Waals surface area contributed by atoms with E-state index in [0.717, 1.165) is 34.2 Å². The van der Waals surface area contributed by atoms with Crippen LogP contribution in [-0.4, -0.2) is 29.4 Å². The SMILES string of the molecule is CCC1CCc2c(sc3ncn4nc(-c5cc(C)nn5C)nc4c23)C1. The van der Waals surface area contributed by atoms with E-state index in [4.69, 9.17) is 4.98 Å². The fourth-order valence-electron chi connectivity index (χ4n) is 3.92. The minimum Gasteiger partial charge on any atom is -0.264 e. The van der Waals surface area contributed by atoms with Crippen molar-refractivity contribution in [3.8, 4) is 11.5 Å². The first-order valence-corrected chi connectivity index (χ1v) is 9.62. The van der Waals surface area contributed by atoms with Gasteiger partial charge in [0, 0.05) is 11.9 Å². The molecule has 4 heterocycles. The van der Waals surface area contributed by atoms with Gasteiger partial charge in [-0.3, -0.25) is 4.68 Å². The molecule has 1 aliphatic carbocycles. The van der Waals surface area contributed by atoms with E-state index in [2.05, 4.69) is 22.1 Å². The summed E-state index contributed by atoms with van der Waals surface area (Å²) in [7, 11) is 1.93. The smallest absolute Gasteiger partial charge is 0.200 e. The quantitative estimate of drug-likeness (QED) is 0.553. The van der Waals surface area contributed by atoms with Crippen molar-refractivity contribution in [3.05, 3.63) is 28.5 Å². The molecule has 0 N–H and O–H groups in total. The molecule has 0 fully saturated rings. The van der Waals surface area contributed by atoms with Crippen LogP contribution in [0.25, 0.3) is 27.4 Å². The number of aromatic nitrogens is 6. The monoisotopic (exact) mass is 352 g/mol. The van der Waals surface area contributed by atoms with Gasteiger partial charge in [0.1, 0.15) is 16.9 Å². The van der Waals surface area contributed by atoms with Crippen LogP contribution in [0.2, 0.25) is 0 Å². The molecule has 0 radical (unpaired) electrons. The van der Waals surface area contributed by atoms with Crippen molar-refractivity contribution < 1.29 is 0 Å². The molecule has 6 nitrogen and oxygen atoms in total. The lowest BCUT2D eigenvalue weighted by Crippen LogP contribution is -2.11. The summed E-state index contributed by atoms with van der Waals surface area (Å²) in [6.45, 7) is 4.28. The van der Waals surface area contributed by atoms with E-state index in [1.165, 1.54) is 35.1 Å². The van der Waals surface area contributed by atoms with Crippen molar-refractivity contribution in [2.45, 2.75) is 39.5 Å². The van der Waals surface area contributed by atoms with Crippen LogP contribution in [0.4, 0.5) is 0 Å². The van der Waals surface area contributed by atoms with E-state index in [0.29, 0.717) is 5.82 Å². The van der Waals surface area contributed by atoms with Gasteiger partial charge >= 0.3 is 0 Å². The number of thiophene rings is 1. The Bertz CT molecular complexity index is 1100. The molecule has 1 aliphatic rings. The molecule has 0 spiro atoms. The van der Waals surface area contributed by atoms with Gasteiger partial charge in [0.15, 0.2) is 11.5 Å². The number of hydrogen-bond donors (Lipinski definition) is 0. The third-order valence-corrected chi connectivity index (χ3v) is 6.46. The zero-order chi connectivity index (χ0) is 17.1. The molecule has 0 amide bonds. The van der Waals surface area contributed by atoms with Crippen molar-refractivity contribution in [1.29, 1.82) is 0 Å². The van der Waals surface area contributed by atoms with Crippen molar-refractivity contribution in [2.24, 2.45) is 13.0 Å². The Hall–Kier alpha value is -2.28. The van der Waals surface area contributed by atoms with Gasteiger partial charge in [0.25, 0.3) is 0 Å². The van der Waals surface area contributed by atoms with Gasteiger partial charge in [-0.2, -0.15) is 5.10 Å². The van der Waals surface area contributed by atoms with E-state index >= 15 is 0 Å². The molecule has 128 valence electrons. The highest BCUT2D eigenvalue weighted by atomic mass is 32.1. The van der Waals surface area contributed by atoms with Crippen LogP contribution in [0.3, 0.4) is 0 Å². The van der Waals surface area contributed by atoms with Crippen LogP contribution in [0.15, 0.2) is 12.4 Å². The predicted molar refractivity (Wildman–Crippen MR) is 98.9 cm³/mol. The zero-order valence-corrected chi connectivity index (χ0v) is 15.5. The largest absolute Gasteiger partial charge is 0.264 e. The molecule has 0 bridgehead atoms. The Morgan fingerprint density at radius 1 is 1.32 bits per heavy atom. The van der Waals surface area contributed by atoms with E-state index < -0.39 is 0 Å². The topological polar surface area (TPSA) is 60.9 Å². The third-order valence-electron chi connectivity index (χ3n) is 5.30. The summed E-state index contributed by atoms with van der Waals surface area (Å²) in [6.07, 6.45) is 6.61. The van der Waals surface area contributed by atoms with Crippen molar-refractivity contribution in [2.75, 3.05) is 0 Å². The van der Waals surface area contributed by atoms with Gasteiger partial charge in [-0.05, 0) is 43.7 Å². The number of aryl methyl sites for hydroxylation is 3. The Morgan fingerprint density at radius 2 is 2.20 bits per heavy atom. The maximum atomic E-state index is 4.86. The van der Waals surface area contributed by atoms with Gasteiger partial charge in [-0.25, -0.2) is 14.5 Å². The summed E-state index contributed by atoms with van der Waals surface area (Å²) < 4.78 is 3.66. The molecular weight excluding hydrogens is 332 g/mol. The molecular formula is C18H20N6S. The third kappa shape index (κ3) is 2.22. The van der Waals surface area contributed by atoms with Crippen molar-refractivity contribution in [3.63, 3.8) is 0 Å². The van der Waals surface area contributed by atoms with Crippen molar-refractivity contribution in [1.82, 2.24) is 29.4 Å². The van der Waals surface area contributed by atoms with Crippen molar-refractivity contribution >= 4 is 27.2 Å². The van der Waals surface area contributed by atoms with Crippen LogP contribution in [0.5, 0.6) is 0 Å². The summed E-state index contributed by atoms with van der Waals surface area (Å²) in [4.78, 5) is 12.1. The summed E-state index contributed by atoms with van der Waals surface area (Å²) >= 11 is 1.84.